The van der Waals surface area contributed by atoms with Crippen LogP contribution in [-0.4, -0.2) is 28.6 Å². The number of fused-ring (bicyclic) bond motifs is 1. The van der Waals surface area contributed by atoms with Gasteiger partial charge >= 0.3 is 0 Å². The highest BCUT2D eigenvalue weighted by atomic mass is 16.5. The largest absolute Gasteiger partial charge is 0.494 e. The summed E-state index contributed by atoms with van der Waals surface area (Å²) in [5, 5.41) is 3.03. The number of imidazole rings is 1. The fourth-order valence-corrected chi connectivity index (χ4v) is 4.25. The molecule has 0 aliphatic carbocycles. The lowest BCUT2D eigenvalue weighted by Crippen LogP contribution is -2.25. The van der Waals surface area contributed by atoms with E-state index in [1.807, 2.05) is 37.3 Å². The SMILES string of the molecule is Cc1ccc(C(=O)NCCCc2nc3ccccc3n2CCCOc2cc(C)cc(C)c2)cc1. The lowest BCUT2D eigenvalue weighted by molar-refractivity contribution is 0.0953. The molecule has 0 unspecified atom stereocenters. The Kier molecular flexibility index (Phi) is 7.63. The zero-order chi connectivity index (χ0) is 23.9. The Morgan fingerprint density at radius 1 is 0.912 bits per heavy atom. The van der Waals surface area contributed by atoms with E-state index in [1.54, 1.807) is 0 Å². The van der Waals surface area contributed by atoms with Gasteiger partial charge in [-0.2, -0.15) is 0 Å². The summed E-state index contributed by atoms with van der Waals surface area (Å²) in [6, 6.07) is 22.2. The van der Waals surface area contributed by atoms with Gasteiger partial charge in [-0.3, -0.25) is 4.79 Å². The Labute approximate surface area is 201 Å². The van der Waals surface area contributed by atoms with Crippen LogP contribution in [0.3, 0.4) is 0 Å². The summed E-state index contributed by atoms with van der Waals surface area (Å²) in [6.45, 7) is 8.31. The number of aryl methyl sites for hydroxylation is 5. The molecule has 1 N–H and O–H groups in total. The molecule has 0 saturated carbocycles. The molecule has 34 heavy (non-hydrogen) atoms. The van der Waals surface area contributed by atoms with E-state index in [-0.39, 0.29) is 5.91 Å². The number of para-hydroxylation sites is 2. The highest BCUT2D eigenvalue weighted by Gasteiger charge is 2.11. The van der Waals surface area contributed by atoms with Crippen molar-refractivity contribution < 1.29 is 9.53 Å². The van der Waals surface area contributed by atoms with E-state index in [9.17, 15) is 4.79 Å². The monoisotopic (exact) mass is 455 g/mol. The lowest BCUT2D eigenvalue weighted by atomic mass is 10.1. The molecule has 0 spiro atoms. The van der Waals surface area contributed by atoms with Crippen molar-refractivity contribution in [3.05, 3.63) is 94.8 Å². The van der Waals surface area contributed by atoms with E-state index in [0.29, 0.717) is 18.7 Å². The first kappa shape index (κ1) is 23.6. The predicted molar refractivity (Wildman–Crippen MR) is 138 cm³/mol. The average molecular weight is 456 g/mol. The smallest absolute Gasteiger partial charge is 0.251 e. The minimum absolute atomic E-state index is 0.0305. The third-order valence-corrected chi connectivity index (χ3v) is 5.90. The first-order valence-electron chi connectivity index (χ1n) is 12.0. The Balaban J connectivity index is 1.33. The highest BCUT2D eigenvalue weighted by molar-refractivity contribution is 5.94. The summed E-state index contributed by atoms with van der Waals surface area (Å²) < 4.78 is 8.30. The van der Waals surface area contributed by atoms with Crippen molar-refractivity contribution in [3.8, 4) is 5.75 Å². The number of nitrogens with one attached hydrogen (secondary N) is 1. The number of benzene rings is 3. The molecule has 0 aliphatic heterocycles. The minimum Gasteiger partial charge on any atom is -0.494 e. The van der Waals surface area contributed by atoms with Crippen LogP contribution in [0.4, 0.5) is 0 Å². The first-order valence-corrected chi connectivity index (χ1v) is 12.0. The van der Waals surface area contributed by atoms with Crippen molar-refractivity contribution in [3.63, 3.8) is 0 Å². The number of carbonyl (C=O) groups excluding carboxylic acids is 1. The lowest BCUT2D eigenvalue weighted by Gasteiger charge is -2.12. The quantitative estimate of drug-likeness (QED) is 0.308. The van der Waals surface area contributed by atoms with Gasteiger partial charge in [0.1, 0.15) is 11.6 Å². The fourth-order valence-electron chi connectivity index (χ4n) is 4.25. The van der Waals surface area contributed by atoms with Crippen molar-refractivity contribution in [1.82, 2.24) is 14.9 Å². The molecule has 0 fully saturated rings. The zero-order valence-corrected chi connectivity index (χ0v) is 20.3. The van der Waals surface area contributed by atoms with Gasteiger partial charge in [0.25, 0.3) is 5.91 Å². The number of carbonyl (C=O) groups is 1. The maximum atomic E-state index is 12.4. The van der Waals surface area contributed by atoms with Crippen molar-refractivity contribution in [2.45, 2.75) is 46.6 Å². The van der Waals surface area contributed by atoms with Crippen molar-refractivity contribution in [1.29, 1.82) is 0 Å². The number of rotatable bonds is 10. The molecule has 176 valence electrons. The molecule has 0 aliphatic rings. The molecule has 0 radical (unpaired) electrons. The van der Waals surface area contributed by atoms with E-state index in [0.717, 1.165) is 54.0 Å². The standard InChI is InChI=1S/C29H33N3O2/c1-21-11-13-24(14-12-21)29(33)30-15-6-10-28-31-26-8-4-5-9-27(26)32(28)16-7-17-34-25-19-22(2)18-23(3)20-25/h4-5,8-9,11-14,18-20H,6-7,10,15-17H2,1-3H3,(H,30,33). The molecule has 0 atom stereocenters. The molecule has 0 bridgehead atoms. The highest BCUT2D eigenvalue weighted by Crippen LogP contribution is 2.19. The molecule has 0 saturated heterocycles. The van der Waals surface area contributed by atoms with Crippen LogP contribution in [0, 0.1) is 20.8 Å². The van der Waals surface area contributed by atoms with Crippen LogP contribution in [0.1, 0.15) is 45.7 Å². The van der Waals surface area contributed by atoms with Crippen LogP contribution in [-0.2, 0) is 13.0 Å². The maximum absolute atomic E-state index is 12.4. The Morgan fingerprint density at radius 3 is 2.41 bits per heavy atom. The first-order chi connectivity index (χ1) is 16.5. The molecule has 1 heterocycles. The summed E-state index contributed by atoms with van der Waals surface area (Å²) in [6.07, 6.45) is 2.53. The Morgan fingerprint density at radius 2 is 1.65 bits per heavy atom. The fraction of sp³-hybridized carbons (Fsp3) is 0.310. The second-order valence-electron chi connectivity index (χ2n) is 8.92. The van der Waals surface area contributed by atoms with E-state index in [1.165, 1.54) is 11.1 Å². The molecule has 1 amide bonds. The average Bonchev–Trinajstić information content (AvgIpc) is 3.16. The number of ether oxygens (including phenoxy) is 1. The van der Waals surface area contributed by atoms with Crippen LogP contribution >= 0.6 is 0 Å². The van der Waals surface area contributed by atoms with Crippen LogP contribution in [0.2, 0.25) is 0 Å². The maximum Gasteiger partial charge on any atom is 0.251 e. The second kappa shape index (κ2) is 11.0. The third kappa shape index (κ3) is 6.04. The number of nitrogens with zero attached hydrogens (tertiary/aromatic N) is 2. The van der Waals surface area contributed by atoms with Crippen LogP contribution in [0.15, 0.2) is 66.7 Å². The van der Waals surface area contributed by atoms with Crippen molar-refractivity contribution in [2.75, 3.05) is 13.2 Å². The van der Waals surface area contributed by atoms with Gasteiger partial charge in [0.15, 0.2) is 0 Å². The molecule has 5 nitrogen and oxygen atoms in total. The predicted octanol–water partition coefficient (Wildman–Crippen LogP) is 5.79. The summed E-state index contributed by atoms with van der Waals surface area (Å²) in [4.78, 5) is 17.2. The number of hydrogen-bond acceptors (Lipinski definition) is 3. The van der Waals surface area contributed by atoms with Crippen molar-refractivity contribution in [2.24, 2.45) is 0 Å². The van der Waals surface area contributed by atoms with Gasteiger partial charge in [-0.15, -0.1) is 0 Å². The Bertz CT molecular complexity index is 1240. The van der Waals surface area contributed by atoms with Gasteiger partial charge in [0.05, 0.1) is 17.6 Å². The summed E-state index contributed by atoms with van der Waals surface area (Å²) in [7, 11) is 0. The molecule has 4 rings (SSSR count). The van der Waals surface area contributed by atoms with E-state index < -0.39 is 0 Å². The third-order valence-electron chi connectivity index (χ3n) is 5.90. The minimum atomic E-state index is -0.0305. The van der Waals surface area contributed by atoms with Gasteiger partial charge in [0.2, 0.25) is 0 Å². The topological polar surface area (TPSA) is 56.2 Å². The van der Waals surface area contributed by atoms with Crippen molar-refractivity contribution >= 4 is 16.9 Å². The summed E-state index contributed by atoms with van der Waals surface area (Å²) >= 11 is 0. The Hall–Kier alpha value is -3.60. The number of aromatic nitrogens is 2. The van der Waals surface area contributed by atoms with Gasteiger partial charge in [-0.1, -0.05) is 35.9 Å². The zero-order valence-electron chi connectivity index (χ0n) is 20.3. The van der Waals surface area contributed by atoms with Gasteiger partial charge in [-0.25, -0.2) is 4.98 Å². The molecular weight excluding hydrogens is 422 g/mol. The summed E-state index contributed by atoms with van der Waals surface area (Å²) in [5.74, 6) is 1.95. The number of amides is 1. The normalized spacial score (nSPS) is 11.0. The molecule has 1 aromatic heterocycles. The molecular formula is C29H33N3O2. The van der Waals surface area contributed by atoms with Crippen LogP contribution in [0.5, 0.6) is 5.75 Å². The van der Waals surface area contributed by atoms with Crippen LogP contribution < -0.4 is 10.1 Å². The van der Waals surface area contributed by atoms with E-state index >= 15 is 0 Å². The van der Waals surface area contributed by atoms with Gasteiger partial charge in [0, 0.05) is 25.1 Å². The van der Waals surface area contributed by atoms with Crippen LogP contribution in [0.25, 0.3) is 11.0 Å². The second-order valence-corrected chi connectivity index (χ2v) is 8.92. The van der Waals surface area contributed by atoms with Gasteiger partial charge in [-0.05, 0) is 81.1 Å². The molecule has 3 aromatic carbocycles. The van der Waals surface area contributed by atoms with E-state index in [2.05, 4.69) is 60.1 Å². The number of hydrogen-bond donors (Lipinski definition) is 1. The molecule has 5 heteroatoms. The van der Waals surface area contributed by atoms with E-state index in [4.69, 9.17) is 9.72 Å². The van der Waals surface area contributed by atoms with Gasteiger partial charge < -0.3 is 14.6 Å². The molecule has 4 aromatic rings. The summed E-state index contributed by atoms with van der Waals surface area (Å²) in [5.41, 5.74) is 6.43.